The van der Waals surface area contributed by atoms with Crippen molar-refractivity contribution in [1.82, 2.24) is 9.66 Å². The molecule has 0 aliphatic carbocycles. The standard InChI is InChI=1S/C15H15N5OS/c1-10(17)12(7-16)14(21)9-22-15-19-13(8-20(15)18)11-5-3-2-4-6-11/h2-6,8H,9,17-18H2,1H3/b12-10-. The van der Waals surface area contributed by atoms with Crippen molar-refractivity contribution in [2.45, 2.75) is 12.1 Å². The first-order chi connectivity index (χ1) is 10.5. The Labute approximate surface area is 132 Å². The van der Waals surface area contributed by atoms with Crippen molar-refractivity contribution in [3.05, 3.63) is 47.8 Å². The fourth-order valence-electron chi connectivity index (χ4n) is 1.80. The van der Waals surface area contributed by atoms with Gasteiger partial charge in [-0.3, -0.25) is 4.79 Å². The van der Waals surface area contributed by atoms with E-state index in [9.17, 15) is 4.79 Å². The van der Waals surface area contributed by atoms with E-state index in [1.54, 1.807) is 6.20 Å². The van der Waals surface area contributed by atoms with Gasteiger partial charge >= 0.3 is 0 Å². The summed E-state index contributed by atoms with van der Waals surface area (Å²) in [6.45, 7) is 1.53. The molecule has 2 aromatic rings. The van der Waals surface area contributed by atoms with Crippen molar-refractivity contribution in [2.75, 3.05) is 11.6 Å². The van der Waals surface area contributed by atoms with Gasteiger partial charge in [0.25, 0.3) is 0 Å². The van der Waals surface area contributed by atoms with Crippen LogP contribution < -0.4 is 11.6 Å². The van der Waals surface area contributed by atoms with Gasteiger partial charge in [0.05, 0.1) is 17.6 Å². The van der Waals surface area contributed by atoms with E-state index < -0.39 is 0 Å². The van der Waals surface area contributed by atoms with Crippen LogP contribution in [0.1, 0.15) is 6.92 Å². The molecule has 6 nitrogen and oxygen atoms in total. The predicted molar refractivity (Wildman–Crippen MR) is 86.0 cm³/mol. The average Bonchev–Trinajstić information content (AvgIpc) is 2.87. The number of imidazole rings is 1. The van der Waals surface area contributed by atoms with Gasteiger partial charge in [-0.1, -0.05) is 42.1 Å². The van der Waals surface area contributed by atoms with E-state index in [-0.39, 0.29) is 22.8 Å². The molecule has 0 fully saturated rings. The number of ketones is 1. The van der Waals surface area contributed by atoms with Crippen LogP contribution in [-0.2, 0) is 4.79 Å². The third-order valence-electron chi connectivity index (χ3n) is 2.89. The topological polar surface area (TPSA) is 111 Å². The molecule has 2 rings (SSSR count). The van der Waals surface area contributed by atoms with Crippen molar-refractivity contribution < 1.29 is 4.79 Å². The summed E-state index contributed by atoms with van der Waals surface area (Å²) in [5.74, 6) is 5.57. The highest BCUT2D eigenvalue weighted by atomic mass is 32.2. The van der Waals surface area contributed by atoms with Crippen LogP contribution in [0, 0.1) is 11.3 Å². The summed E-state index contributed by atoms with van der Waals surface area (Å²) in [5, 5.41) is 9.41. The van der Waals surface area contributed by atoms with Gasteiger partial charge in [-0.15, -0.1) is 0 Å². The average molecular weight is 313 g/mol. The maximum Gasteiger partial charge on any atom is 0.187 e. The van der Waals surface area contributed by atoms with E-state index in [2.05, 4.69) is 4.98 Å². The maximum atomic E-state index is 11.9. The molecule has 0 amide bonds. The first-order valence-electron chi connectivity index (χ1n) is 6.45. The molecule has 0 radical (unpaired) electrons. The van der Waals surface area contributed by atoms with Crippen molar-refractivity contribution in [2.24, 2.45) is 5.73 Å². The number of nitrogen functional groups attached to an aromatic ring is 1. The highest BCUT2D eigenvalue weighted by molar-refractivity contribution is 7.99. The van der Waals surface area contributed by atoms with E-state index >= 15 is 0 Å². The van der Waals surface area contributed by atoms with E-state index in [0.717, 1.165) is 11.3 Å². The number of carbonyl (C=O) groups is 1. The molecule has 0 spiro atoms. The minimum atomic E-state index is -0.336. The zero-order valence-electron chi connectivity index (χ0n) is 12.0. The van der Waals surface area contributed by atoms with E-state index in [1.807, 2.05) is 36.4 Å². The molecule has 1 aromatic heterocycles. The Bertz CT molecular complexity index is 754. The molecule has 0 atom stereocenters. The zero-order chi connectivity index (χ0) is 16.1. The summed E-state index contributed by atoms with van der Waals surface area (Å²) in [5.41, 5.74) is 7.37. The number of hydrogen-bond acceptors (Lipinski definition) is 6. The van der Waals surface area contributed by atoms with Crippen LogP contribution in [0.3, 0.4) is 0 Å². The van der Waals surface area contributed by atoms with Gasteiger partial charge in [-0.2, -0.15) is 5.26 Å². The number of rotatable bonds is 5. The number of hydrogen-bond donors (Lipinski definition) is 2. The number of aromatic nitrogens is 2. The molecule has 0 aliphatic heterocycles. The summed E-state index contributed by atoms with van der Waals surface area (Å²) in [4.78, 5) is 16.3. The Morgan fingerprint density at radius 3 is 2.68 bits per heavy atom. The Kier molecular flexibility index (Phi) is 4.86. The first-order valence-corrected chi connectivity index (χ1v) is 7.43. The molecule has 7 heteroatoms. The van der Waals surface area contributed by atoms with Gasteiger partial charge in [0.1, 0.15) is 11.6 Å². The summed E-state index contributed by atoms with van der Waals surface area (Å²) < 4.78 is 1.37. The number of thioether (sulfide) groups is 1. The van der Waals surface area contributed by atoms with Crippen LogP contribution in [-0.4, -0.2) is 21.2 Å². The Balaban J connectivity index is 2.12. The lowest BCUT2D eigenvalue weighted by Gasteiger charge is -2.01. The van der Waals surface area contributed by atoms with Crippen molar-refractivity contribution >= 4 is 17.5 Å². The number of carbonyl (C=O) groups excluding carboxylic acids is 1. The molecule has 0 saturated heterocycles. The van der Waals surface area contributed by atoms with Crippen LogP contribution in [0.2, 0.25) is 0 Å². The Morgan fingerprint density at radius 2 is 2.09 bits per heavy atom. The number of nitriles is 1. The van der Waals surface area contributed by atoms with Crippen LogP contribution in [0.4, 0.5) is 0 Å². The second kappa shape index (κ2) is 6.83. The molecular formula is C15H15N5OS. The smallest absolute Gasteiger partial charge is 0.187 e. The van der Waals surface area contributed by atoms with Gasteiger partial charge in [-0.05, 0) is 6.92 Å². The highest BCUT2D eigenvalue weighted by Crippen LogP contribution is 2.23. The number of nitrogens with zero attached hydrogens (tertiary/aromatic N) is 3. The molecule has 0 aliphatic rings. The molecule has 0 bridgehead atoms. The minimum absolute atomic E-state index is 0.0223. The fourth-order valence-corrected chi connectivity index (χ4v) is 2.57. The van der Waals surface area contributed by atoms with Crippen molar-refractivity contribution in [3.63, 3.8) is 0 Å². The summed E-state index contributed by atoms with van der Waals surface area (Å²) >= 11 is 1.17. The quantitative estimate of drug-likeness (QED) is 0.376. The molecule has 0 unspecified atom stereocenters. The van der Waals surface area contributed by atoms with Gasteiger partial charge in [0.2, 0.25) is 0 Å². The van der Waals surface area contributed by atoms with Gasteiger partial charge in [0, 0.05) is 11.3 Å². The lowest BCUT2D eigenvalue weighted by atomic mass is 10.2. The van der Waals surface area contributed by atoms with E-state index in [4.69, 9.17) is 16.8 Å². The van der Waals surface area contributed by atoms with Crippen LogP contribution in [0.15, 0.2) is 53.0 Å². The maximum absolute atomic E-state index is 11.9. The highest BCUT2D eigenvalue weighted by Gasteiger charge is 2.15. The fraction of sp³-hybridized carbons (Fsp3) is 0.133. The van der Waals surface area contributed by atoms with E-state index in [0.29, 0.717) is 5.16 Å². The normalized spacial score (nSPS) is 11.6. The second-order valence-corrected chi connectivity index (χ2v) is 5.51. The van der Waals surface area contributed by atoms with Crippen LogP contribution >= 0.6 is 11.8 Å². The minimum Gasteiger partial charge on any atom is -0.401 e. The second-order valence-electron chi connectivity index (χ2n) is 4.56. The molecule has 1 heterocycles. The monoisotopic (exact) mass is 313 g/mol. The summed E-state index contributed by atoms with van der Waals surface area (Å²) in [7, 11) is 0. The summed E-state index contributed by atoms with van der Waals surface area (Å²) in [6, 6.07) is 11.4. The predicted octanol–water partition coefficient (Wildman–Crippen LogP) is 1.68. The Morgan fingerprint density at radius 1 is 1.41 bits per heavy atom. The van der Waals surface area contributed by atoms with Crippen LogP contribution in [0.25, 0.3) is 11.3 Å². The van der Waals surface area contributed by atoms with E-state index in [1.165, 1.54) is 23.4 Å². The lowest BCUT2D eigenvalue weighted by Crippen LogP contribution is -2.12. The number of allylic oxidation sites excluding steroid dienone is 2. The Hall–Kier alpha value is -2.72. The molecule has 112 valence electrons. The zero-order valence-corrected chi connectivity index (χ0v) is 12.8. The van der Waals surface area contributed by atoms with Crippen LogP contribution in [0.5, 0.6) is 0 Å². The number of benzene rings is 1. The molecule has 4 N–H and O–H groups in total. The van der Waals surface area contributed by atoms with Crippen molar-refractivity contribution in [3.8, 4) is 17.3 Å². The third kappa shape index (κ3) is 3.48. The molecule has 1 aromatic carbocycles. The molecule has 0 saturated carbocycles. The third-order valence-corrected chi connectivity index (χ3v) is 3.85. The van der Waals surface area contributed by atoms with Crippen molar-refractivity contribution in [1.29, 1.82) is 5.26 Å². The number of nitrogens with two attached hydrogens (primary N) is 2. The largest absolute Gasteiger partial charge is 0.401 e. The van der Waals surface area contributed by atoms with Gasteiger partial charge < -0.3 is 11.6 Å². The summed E-state index contributed by atoms with van der Waals surface area (Å²) in [6.07, 6.45) is 1.69. The number of Topliss-reactive ketones (excluding diaryl/α,β-unsaturated/α-hetero) is 1. The molecular weight excluding hydrogens is 298 g/mol. The SMILES string of the molecule is C/C(N)=C(\C#N)C(=O)CSc1nc(-c2ccccc2)cn1N. The lowest BCUT2D eigenvalue weighted by molar-refractivity contribution is -0.112. The molecule has 22 heavy (non-hydrogen) atoms. The van der Waals surface area contributed by atoms with Gasteiger partial charge in [0.15, 0.2) is 10.9 Å². The van der Waals surface area contributed by atoms with Gasteiger partial charge in [-0.25, -0.2) is 9.66 Å². The first kappa shape index (κ1) is 15.7.